The quantitative estimate of drug-likeness (QED) is 0.172. The molecule has 2 aliphatic rings. The highest BCUT2D eigenvalue weighted by molar-refractivity contribution is 6.00. The molecule has 0 amide bonds. The lowest BCUT2D eigenvalue weighted by molar-refractivity contribution is 0.879. The number of nitrogens with zero attached hydrogens (tertiary/aromatic N) is 5. The van der Waals surface area contributed by atoms with E-state index >= 15 is 0 Å². The van der Waals surface area contributed by atoms with Crippen molar-refractivity contribution in [3.05, 3.63) is 193 Å². The van der Waals surface area contributed by atoms with Crippen LogP contribution in [0, 0.1) is 0 Å². The van der Waals surface area contributed by atoms with Crippen molar-refractivity contribution in [2.75, 3.05) is 0 Å². The fourth-order valence-corrected chi connectivity index (χ4v) is 8.77. The first-order chi connectivity index (χ1) is 27.8. The fraction of sp³-hybridized carbons (Fsp3) is 0.0784. The summed E-state index contributed by atoms with van der Waals surface area (Å²) in [7, 11) is 0. The summed E-state index contributed by atoms with van der Waals surface area (Å²) >= 11 is 0. The number of allylic oxidation sites excluding steroid dienone is 4. The van der Waals surface area contributed by atoms with E-state index < -0.39 is 0 Å². The summed E-state index contributed by atoms with van der Waals surface area (Å²) in [6.07, 6.45) is 10.5. The van der Waals surface area contributed by atoms with Gasteiger partial charge < -0.3 is 4.57 Å². The van der Waals surface area contributed by atoms with Crippen LogP contribution in [-0.2, 0) is 12.8 Å². The van der Waals surface area contributed by atoms with Gasteiger partial charge in [-0.05, 0) is 89.4 Å². The van der Waals surface area contributed by atoms with Crippen LogP contribution in [0.4, 0.5) is 0 Å². The van der Waals surface area contributed by atoms with Gasteiger partial charge in [0.25, 0.3) is 0 Å². The van der Waals surface area contributed by atoms with E-state index in [9.17, 15) is 0 Å². The molecule has 0 N–H and O–H groups in total. The van der Waals surface area contributed by atoms with Gasteiger partial charge >= 0.3 is 0 Å². The zero-order valence-electron chi connectivity index (χ0n) is 30.8. The fourth-order valence-electron chi connectivity index (χ4n) is 8.77. The Morgan fingerprint density at radius 3 is 1.68 bits per heavy atom. The van der Waals surface area contributed by atoms with E-state index in [0.717, 1.165) is 53.7 Å². The first-order valence-corrected chi connectivity index (χ1v) is 19.5. The van der Waals surface area contributed by atoms with E-state index in [0.29, 0.717) is 17.6 Å². The van der Waals surface area contributed by atoms with Crippen LogP contribution in [0.2, 0.25) is 0 Å². The predicted molar refractivity (Wildman–Crippen MR) is 229 cm³/mol. The molecule has 56 heavy (non-hydrogen) atoms. The smallest absolute Gasteiger partial charge is 0.238 e. The largest absolute Gasteiger partial charge is 0.307 e. The van der Waals surface area contributed by atoms with E-state index in [1.54, 1.807) is 0 Å². The highest BCUT2D eigenvalue weighted by Crippen LogP contribution is 2.47. The lowest BCUT2D eigenvalue weighted by Gasteiger charge is -2.21. The summed E-state index contributed by atoms with van der Waals surface area (Å²) in [5, 5.41) is 2.51. The molecule has 6 aromatic carbocycles. The molecule has 266 valence electrons. The average Bonchev–Trinajstić information content (AvgIpc) is 3.80. The van der Waals surface area contributed by atoms with Crippen molar-refractivity contribution in [3.8, 4) is 56.7 Å². The summed E-state index contributed by atoms with van der Waals surface area (Å²) < 4.78 is 4.80. The van der Waals surface area contributed by atoms with Crippen LogP contribution in [0.1, 0.15) is 29.8 Å². The number of benzene rings is 6. The molecule has 0 fully saturated rings. The molecule has 0 aliphatic heterocycles. The standard InChI is InChI=1S/C51H37N5/c1-4-16-34(17-5-1)37-22-14-23-38(32-37)39-24-15-25-40(33-39)55-45-28-12-10-26-41(45)43-30-31-44-42-27-11-13-29-46(42)56(48(44)47(43)55)51-53-49(35-18-6-2-7-19-35)52-50(54-51)36-20-8-3-9-21-36/h1-2,4-8,10-29,32-33H,3,9,30-31H2. The minimum atomic E-state index is 0.627. The monoisotopic (exact) mass is 719 g/mol. The molecular formula is C51H37N5. The zero-order chi connectivity index (χ0) is 37.0. The van der Waals surface area contributed by atoms with Gasteiger partial charge in [-0.1, -0.05) is 146 Å². The van der Waals surface area contributed by atoms with Gasteiger partial charge in [0, 0.05) is 27.6 Å². The Morgan fingerprint density at radius 1 is 0.429 bits per heavy atom. The summed E-state index contributed by atoms with van der Waals surface area (Å²) in [6.45, 7) is 0. The van der Waals surface area contributed by atoms with Gasteiger partial charge in [-0.3, -0.25) is 4.57 Å². The van der Waals surface area contributed by atoms with E-state index in [-0.39, 0.29) is 0 Å². The Balaban J connectivity index is 1.17. The Hall–Kier alpha value is -7.11. The number of fused-ring (bicyclic) bond motifs is 7. The molecule has 5 nitrogen and oxygen atoms in total. The lowest BCUT2D eigenvalue weighted by atomic mass is 9.92. The predicted octanol–water partition coefficient (Wildman–Crippen LogP) is 12.3. The molecule has 0 saturated heterocycles. The number of hydrogen-bond acceptors (Lipinski definition) is 3. The minimum Gasteiger partial charge on any atom is -0.307 e. The molecule has 0 unspecified atom stereocenters. The van der Waals surface area contributed by atoms with Crippen LogP contribution in [0.25, 0.3) is 84.0 Å². The van der Waals surface area contributed by atoms with Crippen molar-refractivity contribution >= 4 is 27.4 Å². The molecule has 11 rings (SSSR count). The highest BCUT2D eigenvalue weighted by Gasteiger charge is 2.32. The van der Waals surface area contributed by atoms with Crippen LogP contribution < -0.4 is 0 Å². The molecule has 0 spiro atoms. The summed E-state index contributed by atoms with van der Waals surface area (Å²) in [4.78, 5) is 15.7. The van der Waals surface area contributed by atoms with Gasteiger partial charge in [-0.2, -0.15) is 9.97 Å². The average molecular weight is 720 g/mol. The van der Waals surface area contributed by atoms with Crippen LogP contribution in [0.5, 0.6) is 0 Å². The maximum Gasteiger partial charge on any atom is 0.238 e. The summed E-state index contributed by atoms with van der Waals surface area (Å²) in [5.74, 6) is 1.99. The van der Waals surface area contributed by atoms with E-state index in [1.807, 2.05) is 18.2 Å². The normalized spacial score (nSPS) is 13.5. The van der Waals surface area contributed by atoms with E-state index in [1.165, 1.54) is 55.4 Å². The molecule has 0 bridgehead atoms. The van der Waals surface area contributed by atoms with Gasteiger partial charge in [-0.25, -0.2) is 4.98 Å². The topological polar surface area (TPSA) is 48.5 Å². The Morgan fingerprint density at radius 2 is 0.982 bits per heavy atom. The maximum absolute atomic E-state index is 5.31. The lowest BCUT2D eigenvalue weighted by Crippen LogP contribution is -2.13. The molecule has 5 heteroatoms. The van der Waals surface area contributed by atoms with Gasteiger partial charge in [0.1, 0.15) is 0 Å². The summed E-state index contributed by atoms with van der Waals surface area (Å²) in [6, 6.07) is 56.4. The molecule has 9 aromatic rings. The number of hydrogen-bond donors (Lipinski definition) is 0. The Labute approximate surface area is 325 Å². The second kappa shape index (κ2) is 13.3. The summed E-state index contributed by atoms with van der Waals surface area (Å²) in [5.41, 5.74) is 15.2. The van der Waals surface area contributed by atoms with E-state index in [4.69, 9.17) is 15.0 Å². The number of aromatic nitrogens is 5. The third-order valence-electron chi connectivity index (χ3n) is 11.3. The van der Waals surface area contributed by atoms with Crippen molar-refractivity contribution in [2.45, 2.75) is 25.7 Å². The number of rotatable bonds is 6. The first kappa shape index (κ1) is 32.3. The maximum atomic E-state index is 5.31. The van der Waals surface area contributed by atoms with E-state index in [2.05, 4.69) is 167 Å². The first-order valence-electron chi connectivity index (χ1n) is 19.5. The molecule has 2 aliphatic carbocycles. The van der Waals surface area contributed by atoms with Gasteiger partial charge in [0.15, 0.2) is 11.6 Å². The number of aryl methyl sites for hydroxylation is 2. The van der Waals surface area contributed by atoms with Crippen molar-refractivity contribution < 1.29 is 0 Å². The molecular weight excluding hydrogens is 683 g/mol. The minimum absolute atomic E-state index is 0.627. The molecule has 3 aromatic heterocycles. The van der Waals surface area contributed by atoms with Crippen LogP contribution >= 0.6 is 0 Å². The van der Waals surface area contributed by atoms with Gasteiger partial charge in [-0.15, -0.1) is 0 Å². The molecule has 0 radical (unpaired) electrons. The van der Waals surface area contributed by atoms with Crippen LogP contribution in [0.15, 0.2) is 176 Å². The second-order valence-electron chi connectivity index (χ2n) is 14.6. The van der Waals surface area contributed by atoms with Gasteiger partial charge in [0.2, 0.25) is 5.95 Å². The molecule has 0 atom stereocenters. The highest BCUT2D eigenvalue weighted by atomic mass is 15.2. The SMILES string of the molecule is C1=CC(c2nc(-c3ccccc3)nc(-n3c4c(c5ccccc53)CCc3c-4n(-c4cccc(-c5cccc(-c6ccccc6)c5)c4)c4ccccc34)n2)=CCC1. The van der Waals surface area contributed by atoms with Crippen molar-refractivity contribution in [1.29, 1.82) is 0 Å². The van der Waals surface area contributed by atoms with Crippen molar-refractivity contribution in [3.63, 3.8) is 0 Å². The molecule has 0 saturated carbocycles. The van der Waals surface area contributed by atoms with Crippen LogP contribution in [-0.4, -0.2) is 24.1 Å². The van der Waals surface area contributed by atoms with Crippen molar-refractivity contribution in [2.24, 2.45) is 0 Å². The van der Waals surface area contributed by atoms with Crippen LogP contribution in [0.3, 0.4) is 0 Å². The van der Waals surface area contributed by atoms with Crippen molar-refractivity contribution in [1.82, 2.24) is 24.1 Å². The Kier molecular flexibility index (Phi) is 7.69. The second-order valence-corrected chi connectivity index (χ2v) is 14.6. The number of para-hydroxylation sites is 2. The third kappa shape index (κ3) is 5.35. The van der Waals surface area contributed by atoms with Gasteiger partial charge in [0.05, 0.1) is 22.4 Å². The zero-order valence-corrected chi connectivity index (χ0v) is 30.8. The molecule has 3 heterocycles. The Bertz CT molecular complexity index is 3020. The third-order valence-corrected chi connectivity index (χ3v) is 11.3.